The van der Waals surface area contributed by atoms with Gasteiger partial charge in [-0.05, 0) is 31.5 Å². The third kappa shape index (κ3) is 2.70. The van der Waals surface area contributed by atoms with Crippen LogP contribution in [0.4, 0.5) is 0 Å². The molecule has 1 atom stereocenters. The number of esters is 1. The van der Waals surface area contributed by atoms with Gasteiger partial charge in [0, 0.05) is 6.42 Å². The Hall–Kier alpha value is -2.04. The van der Waals surface area contributed by atoms with E-state index in [1.807, 2.05) is 0 Å². The minimum Gasteiger partial charge on any atom is -0.485 e. The van der Waals surface area contributed by atoms with Gasteiger partial charge < -0.3 is 14.2 Å². The number of hydrogen-bond acceptors (Lipinski definition) is 5. The largest absolute Gasteiger partial charge is 0.485 e. The van der Waals surface area contributed by atoms with Gasteiger partial charge in [0.1, 0.15) is 12.4 Å². The molecule has 1 aliphatic heterocycles. The first kappa shape index (κ1) is 13.4. The summed E-state index contributed by atoms with van der Waals surface area (Å²) in [4.78, 5) is 22.7. The summed E-state index contributed by atoms with van der Waals surface area (Å²) in [5, 5.41) is 0. The van der Waals surface area contributed by atoms with E-state index in [2.05, 4.69) is 0 Å². The molecular formula is C14H16O5. The van der Waals surface area contributed by atoms with Crippen molar-refractivity contribution in [2.24, 2.45) is 0 Å². The second-order valence-electron chi connectivity index (χ2n) is 4.77. The monoisotopic (exact) mass is 264 g/mol. The zero-order valence-electron chi connectivity index (χ0n) is 11.2. The van der Waals surface area contributed by atoms with Crippen LogP contribution in [0, 0.1) is 0 Å². The Kier molecular flexibility index (Phi) is 3.46. The van der Waals surface area contributed by atoms with Crippen LogP contribution >= 0.6 is 0 Å². The summed E-state index contributed by atoms with van der Waals surface area (Å²) in [6.07, 6.45) is 0.352. The Balaban J connectivity index is 2.23. The van der Waals surface area contributed by atoms with Gasteiger partial charge in [-0.2, -0.15) is 0 Å². The van der Waals surface area contributed by atoms with Gasteiger partial charge in [0.05, 0.1) is 7.11 Å². The smallest absolute Gasteiger partial charge is 0.353 e. The summed E-state index contributed by atoms with van der Waals surface area (Å²) < 4.78 is 15.9. The zero-order valence-corrected chi connectivity index (χ0v) is 11.2. The second kappa shape index (κ2) is 4.91. The van der Waals surface area contributed by atoms with Crippen LogP contribution in [0.25, 0.3) is 0 Å². The standard InChI is InChI=1S/C14H16O5/c1-9(15)6-10-4-5-11-12(7-10)18-8-14(2,19-11)13(16)17-3/h4-5,7H,6,8H2,1-3H3. The quantitative estimate of drug-likeness (QED) is 0.775. The third-order valence-corrected chi connectivity index (χ3v) is 2.92. The van der Waals surface area contributed by atoms with Crippen molar-refractivity contribution in [3.8, 4) is 11.5 Å². The van der Waals surface area contributed by atoms with E-state index in [-0.39, 0.29) is 12.4 Å². The van der Waals surface area contributed by atoms with E-state index in [1.54, 1.807) is 25.1 Å². The predicted molar refractivity (Wildman–Crippen MR) is 67.4 cm³/mol. The van der Waals surface area contributed by atoms with Crippen LogP contribution in [0.3, 0.4) is 0 Å². The fourth-order valence-corrected chi connectivity index (χ4v) is 1.95. The number of rotatable bonds is 3. The van der Waals surface area contributed by atoms with Gasteiger partial charge in [-0.15, -0.1) is 0 Å². The van der Waals surface area contributed by atoms with Crippen LogP contribution in [0.5, 0.6) is 11.5 Å². The van der Waals surface area contributed by atoms with E-state index in [4.69, 9.17) is 14.2 Å². The highest BCUT2D eigenvalue weighted by Crippen LogP contribution is 2.36. The summed E-state index contributed by atoms with van der Waals surface area (Å²) in [7, 11) is 1.31. The summed E-state index contributed by atoms with van der Waals surface area (Å²) in [5.74, 6) is 0.619. The van der Waals surface area contributed by atoms with Crippen molar-refractivity contribution >= 4 is 11.8 Å². The van der Waals surface area contributed by atoms with Crippen molar-refractivity contribution in [1.29, 1.82) is 0 Å². The molecule has 0 N–H and O–H groups in total. The third-order valence-electron chi connectivity index (χ3n) is 2.92. The number of carbonyl (C=O) groups excluding carboxylic acids is 2. The molecule has 2 rings (SSSR count). The van der Waals surface area contributed by atoms with Gasteiger partial charge >= 0.3 is 5.97 Å². The molecule has 0 saturated heterocycles. The minimum atomic E-state index is -1.14. The lowest BCUT2D eigenvalue weighted by atomic mass is 10.1. The molecule has 102 valence electrons. The van der Waals surface area contributed by atoms with Gasteiger partial charge in [-0.1, -0.05) is 6.07 Å². The van der Waals surface area contributed by atoms with Crippen LogP contribution < -0.4 is 9.47 Å². The van der Waals surface area contributed by atoms with Crippen molar-refractivity contribution in [3.05, 3.63) is 23.8 Å². The first-order chi connectivity index (χ1) is 8.94. The number of Topliss-reactive ketones (excluding diaryl/α,β-unsaturated/α-hetero) is 1. The molecule has 5 nitrogen and oxygen atoms in total. The van der Waals surface area contributed by atoms with E-state index in [1.165, 1.54) is 14.0 Å². The average molecular weight is 264 g/mol. The van der Waals surface area contributed by atoms with Crippen molar-refractivity contribution < 1.29 is 23.8 Å². The van der Waals surface area contributed by atoms with E-state index >= 15 is 0 Å². The molecule has 5 heteroatoms. The van der Waals surface area contributed by atoms with E-state index in [0.29, 0.717) is 17.9 Å². The lowest BCUT2D eigenvalue weighted by molar-refractivity contribution is -0.162. The summed E-state index contributed by atoms with van der Waals surface area (Å²) in [5.41, 5.74) is -0.277. The SMILES string of the molecule is COC(=O)C1(C)COc2cc(CC(C)=O)ccc2O1. The lowest BCUT2D eigenvalue weighted by Crippen LogP contribution is -2.49. The molecule has 0 spiro atoms. The van der Waals surface area contributed by atoms with Gasteiger partial charge in [-0.3, -0.25) is 4.79 Å². The second-order valence-corrected chi connectivity index (χ2v) is 4.77. The summed E-state index contributed by atoms with van der Waals surface area (Å²) in [6.45, 7) is 3.23. The van der Waals surface area contributed by atoms with Crippen molar-refractivity contribution in [2.45, 2.75) is 25.9 Å². The molecule has 0 bridgehead atoms. The Morgan fingerprint density at radius 2 is 2.11 bits per heavy atom. The number of hydrogen-bond donors (Lipinski definition) is 0. The van der Waals surface area contributed by atoms with Gasteiger partial charge in [0.25, 0.3) is 0 Å². The van der Waals surface area contributed by atoms with Crippen LogP contribution in [0.15, 0.2) is 18.2 Å². The van der Waals surface area contributed by atoms with E-state index in [0.717, 1.165) is 5.56 Å². The van der Waals surface area contributed by atoms with Gasteiger partial charge in [0.15, 0.2) is 11.5 Å². The normalized spacial score (nSPS) is 20.8. The van der Waals surface area contributed by atoms with Gasteiger partial charge in [-0.25, -0.2) is 4.79 Å². The van der Waals surface area contributed by atoms with E-state index in [9.17, 15) is 9.59 Å². The van der Waals surface area contributed by atoms with Crippen molar-refractivity contribution in [1.82, 2.24) is 0 Å². The molecule has 0 saturated carbocycles. The molecule has 1 aliphatic rings. The minimum absolute atomic E-state index is 0.0796. The van der Waals surface area contributed by atoms with Crippen LogP contribution in [-0.2, 0) is 20.7 Å². The lowest BCUT2D eigenvalue weighted by Gasteiger charge is -2.33. The Labute approximate surface area is 111 Å². The molecule has 19 heavy (non-hydrogen) atoms. The Morgan fingerprint density at radius 1 is 1.37 bits per heavy atom. The number of methoxy groups -OCH3 is 1. The molecule has 0 aliphatic carbocycles. The number of carbonyl (C=O) groups is 2. The summed E-state index contributed by atoms with van der Waals surface area (Å²) in [6, 6.07) is 5.24. The fourth-order valence-electron chi connectivity index (χ4n) is 1.95. The molecule has 1 aromatic carbocycles. The fraction of sp³-hybridized carbons (Fsp3) is 0.429. The number of ketones is 1. The first-order valence-corrected chi connectivity index (χ1v) is 5.97. The highest BCUT2D eigenvalue weighted by Gasteiger charge is 2.41. The molecule has 1 unspecified atom stereocenters. The highest BCUT2D eigenvalue weighted by atomic mass is 16.6. The van der Waals surface area contributed by atoms with Crippen LogP contribution in [0.1, 0.15) is 19.4 Å². The first-order valence-electron chi connectivity index (χ1n) is 5.97. The predicted octanol–water partition coefficient (Wildman–Crippen LogP) is 1.52. The van der Waals surface area contributed by atoms with Crippen LogP contribution in [-0.4, -0.2) is 31.1 Å². The summed E-state index contributed by atoms with van der Waals surface area (Å²) >= 11 is 0. The highest BCUT2D eigenvalue weighted by molar-refractivity contribution is 5.80. The topological polar surface area (TPSA) is 61.8 Å². The maximum atomic E-state index is 11.6. The molecule has 0 radical (unpaired) electrons. The zero-order chi connectivity index (χ0) is 14.0. The van der Waals surface area contributed by atoms with Crippen LogP contribution in [0.2, 0.25) is 0 Å². The molecule has 0 fully saturated rings. The average Bonchev–Trinajstić information content (AvgIpc) is 2.37. The molecule has 1 heterocycles. The molecular weight excluding hydrogens is 248 g/mol. The molecule has 0 amide bonds. The van der Waals surface area contributed by atoms with Gasteiger partial charge in [0.2, 0.25) is 5.60 Å². The Bertz CT molecular complexity index is 523. The van der Waals surface area contributed by atoms with Crippen molar-refractivity contribution in [2.75, 3.05) is 13.7 Å². The molecule has 1 aromatic rings. The number of benzene rings is 1. The number of fused-ring (bicyclic) bond motifs is 1. The molecule has 0 aromatic heterocycles. The maximum Gasteiger partial charge on any atom is 0.353 e. The van der Waals surface area contributed by atoms with Crippen molar-refractivity contribution in [3.63, 3.8) is 0 Å². The maximum absolute atomic E-state index is 11.6. The number of ether oxygens (including phenoxy) is 3. The Morgan fingerprint density at radius 3 is 2.74 bits per heavy atom. The van der Waals surface area contributed by atoms with E-state index < -0.39 is 11.6 Å².